The van der Waals surface area contributed by atoms with Crippen LogP contribution in [0.25, 0.3) is 0 Å². The maximum absolute atomic E-state index is 12.5. The van der Waals surface area contributed by atoms with E-state index in [1.807, 2.05) is 0 Å². The van der Waals surface area contributed by atoms with Crippen molar-refractivity contribution in [1.82, 2.24) is 9.62 Å². The summed E-state index contributed by atoms with van der Waals surface area (Å²) in [7, 11) is -3.58. The Morgan fingerprint density at radius 3 is 2.46 bits per heavy atom. The van der Waals surface area contributed by atoms with Crippen LogP contribution in [0, 0.1) is 0 Å². The van der Waals surface area contributed by atoms with Gasteiger partial charge in [-0.15, -0.1) is 0 Å². The highest BCUT2D eigenvalue weighted by Crippen LogP contribution is 2.17. The van der Waals surface area contributed by atoms with Crippen molar-refractivity contribution in [2.75, 3.05) is 19.6 Å². The number of hydrogen-bond donors (Lipinski definition) is 2. The van der Waals surface area contributed by atoms with Crippen LogP contribution in [0.1, 0.15) is 24.2 Å². The minimum Gasteiger partial charge on any atom is -0.479 e. The molecule has 0 spiro atoms. The number of amides is 1. The SMILES string of the molecule is CCNS(=O)(=O)c1ccc(C(=O)N2CC(C(=O)O)O[C@H](C)C2)cc1. The lowest BCUT2D eigenvalue weighted by molar-refractivity contribution is -0.160. The van der Waals surface area contributed by atoms with Crippen LogP contribution in [-0.2, 0) is 19.6 Å². The summed E-state index contributed by atoms with van der Waals surface area (Å²) in [6, 6.07) is 5.54. The Balaban J connectivity index is 2.16. The fourth-order valence-electron chi connectivity index (χ4n) is 2.49. The molecule has 0 bridgehead atoms. The Morgan fingerprint density at radius 2 is 1.92 bits per heavy atom. The molecule has 132 valence electrons. The average molecular weight is 356 g/mol. The number of nitrogens with one attached hydrogen (secondary N) is 1. The first kappa shape index (κ1) is 18.4. The Bertz CT molecular complexity index is 716. The van der Waals surface area contributed by atoms with Crippen molar-refractivity contribution in [1.29, 1.82) is 0 Å². The van der Waals surface area contributed by atoms with E-state index in [1.165, 1.54) is 29.2 Å². The molecule has 1 saturated heterocycles. The highest BCUT2D eigenvalue weighted by Gasteiger charge is 2.33. The molecule has 2 atom stereocenters. The van der Waals surface area contributed by atoms with Gasteiger partial charge in [0.05, 0.1) is 17.5 Å². The molecule has 0 radical (unpaired) electrons. The van der Waals surface area contributed by atoms with Crippen molar-refractivity contribution >= 4 is 21.9 Å². The van der Waals surface area contributed by atoms with Gasteiger partial charge in [-0.3, -0.25) is 4.79 Å². The molecule has 0 saturated carbocycles. The maximum Gasteiger partial charge on any atom is 0.334 e. The zero-order chi connectivity index (χ0) is 17.9. The summed E-state index contributed by atoms with van der Waals surface area (Å²) in [5, 5.41) is 9.07. The fourth-order valence-corrected chi connectivity index (χ4v) is 3.53. The van der Waals surface area contributed by atoms with Gasteiger partial charge in [0.15, 0.2) is 6.10 Å². The summed E-state index contributed by atoms with van der Waals surface area (Å²) in [6.45, 7) is 3.87. The molecule has 24 heavy (non-hydrogen) atoms. The summed E-state index contributed by atoms with van der Waals surface area (Å²) in [6.07, 6.45) is -1.46. The third kappa shape index (κ3) is 4.11. The molecule has 1 heterocycles. The summed E-state index contributed by atoms with van der Waals surface area (Å²) in [4.78, 5) is 25.1. The number of nitrogens with zero attached hydrogens (tertiary/aromatic N) is 1. The first-order chi connectivity index (χ1) is 11.2. The Morgan fingerprint density at radius 1 is 1.29 bits per heavy atom. The van der Waals surface area contributed by atoms with Crippen LogP contribution >= 0.6 is 0 Å². The standard InChI is InChI=1S/C15H20N2O6S/c1-3-16-24(21,22)12-6-4-11(5-7-12)14(18)17-8-10(2)23-13(9-17)15(19)20/h4-7,10,13,16H,3,8-9H2,1-2H3,(H,19,20)/t10-,13?/m1/s1. The third-order valence-corrected chi connectivity index (χ3v) is 5.13. The molecule has 1 amide bonds. The largest absolute Gasteiger partial charge is 0.479 e. The van der Waals surface area contributed by atoms with Gasteiger partial charge >= 0.3 is 5.97 Å². The molecule has 0 aromatic heterocycles. The predicted molar refractivity (Wildman–Crippen MR) is 85.2 cm³/mol. The minimum absolute atomic E-state index is 0.0457. The van der Waals surface area contributed by atoms with E-state index in [9.17, 15) is 18.0 Å². The second-order valence-electron chi connectivity index (χ2n) is 5.51. The van der Waals surface area contributed by atoms with Crippen molar-refractivity contribution in [2.45, 2.75) is 31.0 Å². The van der Waals surface area contributed by atoms with Crippen LogP contribution in [0.4, 0.5) is 0 Å². The molecule has 1 unspecified atom stereocenters. The van der Waals surface area contributed by atoms with Gasteiger partial charge in [0, 0.05) is 18.7 Å². The number of carbonyl (C=O) groups excluding carboxylic acids is 1. The summed E-state index contributed by atoms with van der Waals surface area (Å²) in [5.74, 6) is -1.48. The number of ether oxygens (including phenoxy) is 1. The molecule has 0 aliphatic carbocycles. The number of sulfonamides is 1. The maximum atomic E-state index is 12.5. The molecule has 2 N–H and O–H groups in total. The molecule has 8 nitrogen and oxygen atoms in total. The molecule has 1 aliphatic heterocycles. The molecular formula is C15H20N2O6S. The van der Waals surface area contributed by atoms with E-state index >= 15 is 0 Å². The van der Waals surface area contributed by atoms with Gasteiger partial charge in [-0.05, 0) is 31.2 Å². The van der Waals surface area contributed by atoms with Crippen molar-refractivity contribution < 1.29 is 27.9 Å². The van der Waals surface area contributed by atoms with E-state index < -0.39 is 28.2 Å². The van der Waals surface area contributed by atoms with Crippen LogP contribution in [0.5, 0.6) is 0 Å². The predicted octanol–water partition coefficient (Wildman–Crippen LogP) is 0.299. The molecule has 1 aromatic rings. The Kier molecular flexibility index (Phi) is 5.58. The number of morpholine rings is 1. The number of carboxylic acids is 1. The molecular weight excluding hydrogens is 336 g/mol. The minimum atomic E-state index is -3.58. The van der Waals surface area contributed by atoms with E-state index in [1.54, 1.807) is 13.8 Å². The van der Waals surface area contributed by atoms with E-state index in [0.29, 0.717) is 5.56 Å². The fraction of sp³-hybridized carbons (Fsp3) is 0.467. The lowest BCUT2D eigenvalue weighted by atomic mass is 10.1. The van der Waals surface area contributed by atoms with Crippen LogP contribution in [0.2, 0.25) is 0 Å². The van der Waals surface area contributed by atoms with Gasteiger partial charge < -0.3 is 14.7 Å². The van der Waals surface area contributed by atoms with Gasteiger partial charge in [0.2, 0.25) is 10.0 Å². The van der Waals surface area contributed by atoms with Gasteiger partial charge in [0.25, 0.3) is 5.91 Å². The van der Waals surface area contributed by atoms with E-state index in [-0.39, 0.29) is 30.4 Å². The van der Waals surface area contributed by atoms with Crippen LogP contribution in [0.3, 0.4) is 0 Å². The second kappa shape index (κ2) is 7.29. The van der Waals surface area contributed by atoms with Crippen molar-refractivity contribution in [3.8, 4) is 0 Å². The topological polar surface area (TPSA) is 113 Å². The van der Waals surface area contributed by atoms with Gasteiger partial charge in [-0.2, -0.15) is 0 Å². The van der Waals surface area contributed by atoms with Crippen LogP contribution in [0.15, 0.2) is 29.2 Å². The Labute approximate surface area is 140 Å². The number of aliphatic carboxylic acids is 1. The number of hydrogen-bond acceptors (Lipinski definition) is 5. The van der Waals surface area contributed by atoms with Crippen molar-refractivity contribution in [3.63, 3.8) is 0 Å². The Hall–Kier alpha value is -1.97. The van der Waals surface area contributed by atoms with E-state index in [2.05, 4.69) is 4.72 Å². The monoisotopic (exact) mass is 356 g/mol. The quantitative estimate of drug-likeness (QED) is 0.784. The number of carbonyl (C=O) groups is 2. The zero-order valence-corrected chi connectivity index (χ0v) is 14.2. The van der Waals surface area contributed by atoms with Gasteiger partial charge in [-0.25, -0.2) is 17.9 Å². The van der Waals surface area contributed by atoms with E-state index in [4.69, 9.17) is 9.84 Å². The smallest absolute Gasteiger partial charge is 0.334 e. The first-order valence-electron chi connectivity index (χ1n) is 7.52. The molecule has 2 rings (SSSR count). The van der Waals surface area contributed by atoms with Crippen LogP contribution < -0.4 is 4.72 Å². The van der Waals surface area contributed by atoms with E-state index in [0.717, 1.165) is 0 Å². The molecule has 9 heteroatoms. The third-order valence-electron chi connectivity index (χ3n) is 3.57. The molecule has 1 fully saturated rings. The highest BCUT2D eigenvalue weighted by atomic mass is 32.2. The number of carboxylic acid groups (broad SMARTS) is 1. The van der Waals surface area contributed by atoms with Crippen molar-refractivity contribution in [3.05, 3.63) is 29.8 Å². The average Bonchev–Trinajstić information content (AvgIpc) is 2.53. The zero-order valence-electron chi connectivity index (χ0n) is 13.4. The summed E-state index contributed by atoms with van der Waals surface area (Å²) >= 11 is 0. The van der Waals surface area contributed by atoms with Crippen LogP contribution in [-0.4, -0.2) is 62.1 Å². The number of rotatable bonds is 5. The highest BCUT2D eigenvalue weighted by molar-refractivity contribution is 7.89. The van der Waals surface area contributed by atoms with Gasteiger partial charge in [0.1, 0.15) is 0 Å². The molecule has 1 aromatic carbocycles. The second-order valence-corrected chi connectivity index (χ2v) is 7.28. The lowest BCUT2D eigenvalue weighted by Crippen LogP contribution is -2.51. The van der Waals surface area contributed by atoms with Crippen molar-refractivity contribution in [2.24, 2.45) is 0 Å². The summed E-state index contributed by atoms with van der Waals surface area (Å²) in [5.41, 5.74) is 0.295. The molecule has 1 aliphatic rings. The lowest BCUT2D eigenvalue weighted by Gasteiger charge is -2.35. The van der Waals surface area contributed by atoms with Gasteiger partial charge in [-0.1, -0.05) is 6.92 Å². The summed E-state index contributed by atoms with van der Waals surface area (Å²) < 4.78 is 31.4. The number of benzene rings is 1. The normalized spacial score (nSPS) is 21.5. The first-order valence-corrected chi connectivity index (χ1v) is 9.00.